The molecule has 5 rings (SSSR count). The van der Waals surface area contributed by atoms with Gasteiger partial charge in [0, 0.05) is 0 Å². The van der Waals surface area contributed by atoms with Crippen molar-refractivity contribution in [3.63, 3.8) is 0 Å². The highest BCUT2D eigenvalue weighted by atomic mass is 16.5. The Balaban J connectivity index is 1.53. The Morgan fingerprint density at radius 2 is 1.06 bits per heavy atom. The summed E-state index contributed by atoms with van der Waals surface area (Å²) in [5.74, 6) is 1.85. The lowest BCUT2D eigenvalue weighted by atomic mass is 9.90. The molecule has 0 saturated carbocycles. The zero-order valence-corrected chi connectivity index (χ0v) is 19.9. The molecular formula is C32H30O2. The molecule has 0 aromatic heterocycles. The summed E-state index contributed by atoms with van der Waals surface area (Å²) in [7, 11) is 0. The maximum Gasteiger partial charge on any atom is 0.119 e. The Labute approximate surface area is 201 Å². The second kappa shape index (κ2) is 10.0. The van der Waals surface area contributed by atoms with Crippen LogP contribution in [0.5, 0.6) is 11.5 Å². The number of benzene rings is 5. The van der Waals surface area contributed by atoms with Crippen LogP contribution in [0.3, 0.4) is 0 Å². The number of hydrogen-bond donors (Lipinski definition) is 0. The van der Waals surface area contributed by atoms with Gasteiger partial charge >= 0.3 is 0 Å². The van der Waals surface area contributed by atoms with Gasteiger partial charge in [0.1, 0.15) is 11.5 Å². The standard InChI is InChI=1S/C32H30O2/c1-3-33-28-15-10-23(11-16-28)19-25-9-14-27-22-26-7-5-6-8-30(26)32(31(27)21-25)20-24-12-17-29(18-13-24)34-4-2/h5-18,21-22H,3-4,19-20H2,1-2H3. The molecule has 0 unspecified atom stereocenters. The molecule has 0 fully saturated rings. The highest BCUT2D eigenvalue weighted by molar-refractivity contribution is 6.02. The highest BCUT2D eigenvalue weighted by Crippen LogP contribution is 2.32. The zero-order chi connectivity index (χ0) is 23.3. The van der Waals surface area contributed by atoms with Crippen molar-refractivity contribution < 1.29 is 9.47 Å². The van der Waals surface area contributed by atoms with E-state index in [-0.39, 0.29) is 0 Å². The second-order valence-electron chi connectivity index (χ2n) is 8.64. The molecule has 0 spiro atoms. The molecule has 0 saturated heterocycles. The van der Waals surface area contributed by atoms with Gasteiger partial charge in [-0.25, -0.2) is 0 Å². The molecule has 0 aliphatic rings. The van der Waals surface area contributed by atoms with Crippen molar-refractivity contribution in [3.8, 4) is 11.5 Å². The van der Waals surface area contributed by atoms with Crippen LogP contribution in [0.25, 0.3) is 21.5 Å². The first-order valence-electron chi connectivity index (χ1n) is 12.1. The van der Waals surface area contributed by atoms with E-state index in [0.29, 0.717) is 13.2 Å². The largest absolute Gasteiger partial charge is 0.494 e. The summed E-state index contributed by atoms with van der Waals surface area (Å²) in [4.78, 5) is 0. The second-order valence-corrected chi connectivity index (χ2v) is 8.64. The lowest BCUT2D eigenvalue weighted by Gasteiger charge is -2.14. The third-order valence-electron chi connectivity index (χ3n) is 6.30. The van der Waals surface area contributed by atoms with Crippen LogP contribution >= 0.6 is 0 Å². The monoisotopic (exact) mass is 446 g/mol. The fraction of sp³-hybridized carbons (Fsp3) is 0.188. The Bertz CT molecular complexity index is 1400. The predicted octanol–water partition coefficient (Wildman–Crippen LogP) is 7.97. The van der Waals surface area contributed by atoms with Crippen LogP contribution in [-0.4, -0.2) is 13.2 Å². The van der Waals surface area contributed by atoms with Gasteiger partial charge in [0.2, 0.25) is 0 Å². The van der Waals surface area contributed by atoms with E-state index < -0.39 is 0 Å². The lowest BCUT2D eigenvalue weighted by molar-refractivity contribution is 0.340. The van der Waals surface area contributed by atoms with Crippen molar-refractivity contribution in [2.24, 2.45) is 0 Å². The molecule has 0 aliphatic carbocycles. The SMILES string of the molecule is CCOc1ccc(Cc2ccc3cc4ccccc4c(Cc4ccc(OCC)cc4)c3c2)cc1. The minimum atomic E-state index is 0.685. The average Bonchev–Trinajstić information content (AvgIpc) is 2.87. The molecule has 0 radical (unpaired) electrons. The molecule has 170 valence electrons. The molecule has 34 heavy (non-hydrogen) atoms. The maximum atomic E-state index is 5.64. The molecule has 0 atom stereocenters. The molecule has 2 heteroatoms. The number of ether oxygens (including phenoxy) is 2. The van der Waals surface area contributed by atoms with E-state index >= 15 is 0 Å². The summed E-state index contributed by atoms with van der Waals surface area (Å²) in [6.07, 6.45) is 1.79. The van der Waals surface area contributed by atoms with E-state index in [9.17, 15) is 0 Å². The Morgan fingerprint density at radius 1 is 0.500 bits per heavy atom. The topological polar surface area (TPSA) is 18.5 Å². The van der Waals surface area contributed by atoms with Crippen molar-refractivity contribution in [1.82, 2.24) is 0 Å². The highest BCUT2D eigenvalue weighted by Gasteiger charge is 2.10. The average molecular weight is 447 g/mol. The maximum absolute atomic E-state index is 5.64. The Morgan fingerprint density at radius 3 is 1.71 bits per heavy atom. The van der Waals surface area contributed by atoms with E-state index in [1.165, 1.54) is 43.8 Å². The van der Waals surface area contributed by atoms with Crippen molar-refractivity contribution in [3.05, 3.63) is 119 Å². The van der Waals surface area contributed by atoms with Crippen molar-refractivity contribution in [1.29, 1.82) is 0 Å². The van der Waals surface area contributed by atoms with Crippen LogP contribution < -0.4 is 9.47 Å². The molecule has 2 nitrogen and oxygen atoms in total. The van der Waals surface area contributed by atoms with E-state index in [4.69, 9.17) is 9.47 Å². The van der Waals surface area contributed by atoms with Gasteiger partial charge in [-0.3, -0.25) is 0 Å². The van der Waals surface area contributed by atoms with Gasteiger partial charge < -0.3 is 9.47 Å². The van der Waals surface area contributed by atoms with Crippen molar-refractivity contribution >= 4 is 21.5 Å². The van der Waals surface area contributed by atoms with Crippen LogP contribution in [0.2, 0.25) is 0 Å². The van der Waals surface area contributed by atoms with E-state index in [1.807, 2.05) is 13.8 Å². The van der Waals surface area contributed by atoms with Gasteiger partial charge in [-0.15, -0.1) is 0 Å². The zero-order valence-electron chi connectivity index (χ0n) is 19.9. The molecule has 0 amide bonds. The number of rotatable bonds is 8. The molecule has 0 bridgehead atoms. The molecule has 0 N–H and O–H groups in total. The van der Waals surface area contributed by atoms with Gasteiger partial charge in [-0.05, 0) is 101 Å². The normalized spacial score (nSPS) is 11.1. The van der Waals surface area contributed by atoms with Crippen LogP contribution in [0.1, 0.15) is 36.1 Å². The number of hydrogen-bond acceptors (Lipinski definition) is 2. The van der Waals surface area contributed by atoms with Crippen LogP contribution in [0.15, 0.2) is 97.1 Å². The summed E-state index contributed by atoms with van der Waals surface area (Å²) < 4.78 is 11.2. The predicted molar refractivity (Wildman–Crippen MR) is 142 cm³/mol. The summed E-state index contributed by atoms with van der Waals surface area (Å²) in [5, 5.41) is 5.23. The van der Waals surface area contributed by atoms with Crippen LogP contribution in [0.4, 0.5) is 0 Å². The van der Waals surface area contributed by atoms with Crippen molar-refractivity contribution in [2.45, 2.75) is 26.7 Å². The van der Waals surface area contributed by atoms with Gasteiger partial charge in [-0.1, -0.05) is 66.7 Å². The minimum absolute atomic E-state index is 0.685. The number of fused-ring (bicyclic) bond motifs is 2. The van der Waals surface area contributed by atoms with Gasteiger partial charge in [0.25, 0.3) is 0 Å². The summed E-state index contributed by atoms with van der Waals surface area (Å²) in [6.45, 7) is 5.40. The fourth-order valence-corrected chi connectivity index (χ4v) is 4.68. The summed E-state index contributed by atoms with van der Waals surface area (Å²) in [6, 6.07) is 34.9. The summed E-state index contributed by atoms with van der Waals surface area (Å²) >= 11 is 0. The minimum Gasteiger partial charge on any atom is -0.494 e. The first kappa shape index (κ1) is 22.0. The Hall–Kier alpha value is -3.78. The van der Waals surface area contributed by atoms with E-state index in [0.717, 1.165) is 24.3 Å². The Kier molecular flexibility index (Phi) is 6.49. The molecular weight excluding hydrogens is 416 g/mol. The van der Waals surface area contributed by atoms with Crippen LogP contribution in [-0.2, 0) is 12.8 Å². The van der Waals surface area contributed by atoms with E-state index in [1.54, 1.807) is 0 Å². The quantitative estimate of drug-likeness (QED) is 0.225. The fourth-order valence-electron chi connectivity index (χ4n) is 4.68. The molecule has 0 aliphatic heterocycles. The molecule has 5 aromatic carbocycles. The first-order valence-corrected chi connectivity index (χ1v) is 12.1. The third-order valence-corrected chi connectivity index (χ3v) is 6.30. The smallest absolute Gasteiger partial charge is 0.119 e. The lowest BCUT2D eigenvalue weighted by Crippen LogP contribution is -1.96. The van der Waals surface area contributed by atoms with Gasteiger partial charge in [0.05, 0.1) is 13.2 Å². The van der Waals surface area contributed by atoms with Gasteiger partial charge in [-0.2, -0.15) is 0 Å². The molecule has 5 aromatic rings. The molecule has 0 heterocycles. The third kappa shape index (κ3) is 4.77. The van der Waals surface area contributed by atoms with Crippen molar-refractivity contribution in [2.75, 3.05) is 13.2 Å². The van der Waals surface area contributed by atoms with E-state index in [2.05, 4.69) is 97.1 Å². The van der Waals surface area contributed by atoms with Crippen LogP contribution in [0, 0.1) is 0 Å². The van der Waals surface area contributed by atoms with Gasteiger partial charge in [0.15, 0.2) is 0 Å². The first-order chi connectivity index (χ1) is 16.7. The summed E-state index contributed by atoms with van der Waals surface area (Å²) in [5.41, 5.74) is 5.28.